The van der Waals surface area contributed by atoms with E-state index in [1.165, 1.54) is 0 Å². The van der Waals surface area contributed by atoms with Crippen LogP contribution >= 0.6 is 0 Å². The Bertz CT molecular complexity index is 279. The van der Waals surface area contributed by atoms with Crippen LogP contribution in [0.25, 0.3) is 0 Å². The van der Waals surface area contributed by atoms with E-state index >= 15 is 0 Å². The van der Waals surface area contributed by atoms with Crippen molar-refractivity contribution in [3.05, 3.63) is 0 Å². The van der Waals surface area contributed by atoms with Crippen molar-refractivity contribution >= 4 is 5.91 Å². The van der Waals surface area contributed by atoms with Gasteiger partial charge < -0.3 is 15.4 Å². The van der Waals surface area contributed by atoms with Crippen molar-refractivity contribution < 1.29 is 9.53 Å². The molecule has 1 amide bonds. The predicted octanol–water partition coefficient (Wildman–Crippen LogP) is 1.06. The van der Waals surface area contributed by atoms with Gasteiger partial charge in [0.05, 0.1) is 0 Å². The van der Waals surface area contributed by atoms with Crippen molar-refractivity contribution in [1.29, 1.82) is 0 Å². The Morgan fingerprint density at radius 2 is 2.00 bits per heavy atom. The van der Waals surface area contributed by atoms with Gasteiger partial charge in [0.2, 0.25) is 0 Å². The summed E-state index contributed by atoms with van der Waals surface area (Å²) >= 11 is 0. The van der Waals surface area contributed by atoms with E-state index in [-0.39, 0.29) is 11.3 Å². The molecule has 0 aliphatic carbocycles. The minimum absolute atomic E-state index is 0.0646. The second-order valence-electron chi connectivity index (χ2n) is 5.93. The summed E-state index contributed by atoms with van der Waals surface area (Å²) in [5.74, 6) is 0.0646. The molecule has 98 valence electrons. The Labute approximate surface area is 103 Å². The van der Waals surface area contributed by atoms with E-state index in [0.717, 1.165) is 45.3 Å². The molecule has 2 heterocycles. The normalized spacial score (nSPS) is 32.4. The van der Waals surface area contributed by atoms with Gasteiger partial charge in [-0.1, -0.05) is 6.92 Å². The zero-order valence-electron chi connectivity index (χ0n) is 11.0. The van der Waals surface area contributed by atoms with Gasteiger partial charge in [0.15, 0.2) is 0 Å². The van der Waals surface area contributed by atoms with Crippen molar-refractivity contribution in [2.24, 2.45) is 5.41 Å². The molecule has 2 saturated heterocycles. The van der Waals surface area contributed by atoms with Crippen LogP contribution in [0.3, 0.4) is 0 Å². The number of hydrogen-bond acceptors (Lipinski definition) is 3. The van der Waals surface area contributed by atoms with E-state index < -0.39 is 5.60 Å². The van der Waals surface area contributed by atoms with Gasteiger partial charge in [-0.3, -0.25) is 4.79 Å². The molecular formula is C13H24N2O2. The average Bonchev–Trinajstić information content (AvgIpc) is 2.75. The standard InChI is InChI=1S/C13H24N2O2/c1-12(5-7-14-8-6-12)10-15-11(16)13(2)4-3-9-17-13/h14H,3-10H2,1-2H3,(H,15,16). The third-order valence-corrected chi connectivity index (χ3v) is 4.19. The van der Waals surface area contributed by atoms with Gasteiger partial charge in [-0.2, -0.15) is 0 Å². The Kier molecular flexibility index (Phi) is 3.73. The van der Waals surface area contributed by atoms with Gasteiger partial charge >= 0.3 is 0 Å². The molecule has 2 rings (SSSR count). The van der Waals surface area contributed by atoms with Gasteiger partial charge in [0.1, 0.15) is 5.60 Å². The quantitative estimate of drug-likeness (QED) is 0.775. The minimum atomic E-state index is -0.580. The molecule has 0 saturated carbocycles. The lowest BCUT2D eigenvalue weighted by atomic mass is 9.81. The lowest BCUT2D eigenvalue weighted by Gasteiger charge is -2.35. The highest BCUT2D eigenvalue weighted by atomic mass is 16.5. The van der Waals surface area contributed by atoms with Crippen molar-refractivity contribution in [2.45, 2.75) is 45.1 Å². The second-order valence-corrected chi connectivity index (χ2v) is 5.93. The van der Waals surface area contributed by atoms with Gasteiger partial charge in [0.25, 0.3) is 5.91 Å². The Morgan fingerprint density at radius 1 is 1.29 bits per heavy atom. The van der Waals surface area contributed by atoms with Gasteiger partial charge in [-0.05, 0) is 51.1 Å². The number of piperidine rings is 1. The van der Waals surface area contributed by atoms with Gasteiger partial charge in [0, 0.05) is 13.2 Å². The monoisotopic (exact) mass is 240 g/mol. The number of carbonyl (C=O) groups excluding carboxylic acids is 1. The summed E-state index contributed by atoms with van der Waals surface area (Å²) in [5.41, 5.74) is -0.334. The van der Waals surface area contributed by atoms with E-state index in [9.17, 15) is 4.79 Å². The molecule has 1 unspecified atom stereocenters. The molecular weight excluding hydrogens is 216 g/mol. The van der Waals surface area contributed by atoms with Crippen LogP contribution in [0.5, 0.6) is 0 Å². The highest BCUT2D eigenvalue weighted by Crippen LogP contribution is 2.28. The van der Waals surface area contributed by atoms with E-state index in [2.05, 4.69) is 17.6 Å². The van der Waals surface area contributed by atoms with Crippen molar-refractivity contribution in [3.63, 3.8) is 0 Å². The number of hydrogen-bond donors (Lipinski definition) is 2. The van der Waals surface area contributed by atoms with Crippen LogP contribution in [0.4, 0.5) is 0 Å². The molecule has 4 nitrogen and oxygen atoms in total. The fraction of sp³-hybridized carbons (Fsp3) is 0.923. The van der Waals surface area contributed by atoms with Gasteiger partial charge in [-0.15, -0.1) is 0 Å². The lowest BCUT2D eigenvalue weighted by molar-refractivity contribution is -0.140. The van der Waals surface area contributed by atoms with E-state index in [1.807, 2.05) is 6.92 Å². The summed E-state index contributed by atoms with van der Waals surface area (Å²) in [7, 11) is 0. The molecule has 0 radical (unpaired) electrons. The fourth-order valence-corrected chi connectivity index (χ4v) is 2.65. The molecule has 0 aromatic carbocycles. The first-order valence-electron chi connectivity index (χ1n) is 6.67. The topological polar surface area (TPSA) is 50.4 Å². The van der Waals surface area contributed by atoms with Crippen LogP contribution in [0.1, 0.15) is 39.5 Å². The first kappa shape index (κ1) is 12.8. The van der Waals surface area contributed by atoms with Crippen molar-refractivity contribution in [1.82, 2.24) is 10.6 Å². The van der Waals surface area contributed by atoms with E-state index in [4.69, 9.17) is 4.74 Å². The number of amides is 1. The molecule has 2 N–H and O–H groups in total. The maximum Gasteiger partial charge on any atom is 0.251 e. The zero-order chi connectivity index (χ0) is 12.4. The summed E-state index contributed by atoms with van der Waals surface area (Å²) in [6.45, 7) is 7.75. The Balaban J connectivity index is 1.83. The SMILES string of the molecule is CC1(CNC(=O)C2(C)CCCO2)CCNCC1. The first-order chi connectivity index (χ1) is 8.04. The molecule has 17 heavy (non-hydrogen) atoms. The third kappa shape index (κ3) is 2.99. The summed E-state index contributed by atoms with van der Waals surface area (Å²) in [4.78, 5) is 12.1. The highest BCUT2D eigenvalue weighted by molar-refractivity contribution is 5.85. The van der Waals surface area contributed by atoms with E-state index in [1.54, 1.807) is 0 Å². The summed E-state index contributed by atoms with van der Waals surface area (Å²) in [6.07, 6.45) is 4.10. The first-order valence-corrected chi connectivity index (χ1v) is 6.67. The fourth-order valence-electron chi connectivity index (χ4n) is 2.65. The third-order valence-electron chi connectivity index (χ3n) is 4.19. The molecule has 2 aliphatic heterocycles. The number of rotatable bonds is 3. The van der Waals surface area contributed by atoms with Gasteiger partial charge in [-0.25, -0.2) is 0 Å². The van der Waals surface area contributed by atoms with Crippen LogP contribution in [0.15, 0.2) is 0 Å². The molecule has 0 aromatic heterocycles. The Morgan fingerprint density at radius 3 is 2.59 bits per heavy atom. The maximum absolute atomic E-state index is 12.1. The van der Waals surface area contributed by atoms with E-state index in [0.29, 0.717) is 6.61 Å². The Hall–Kier alpha value is -0.610. The smallest absolute Gasteiger partial charge is 0.251 e. The van der Waals surface area contributed by atoms with Crippen LogP contribution in [-0.2, 0) is 9.53 Å². The molecule has 0 spiro atoms. The van der Waals surface area contributed by atoms with Crippen molar-refractivity contribution in [3.8, 4) is 0 Å². The molecule has 0 bridgehead atoms. The van der Waals surface area contributed by atoms with Crippen LogP contribution < -0.4 is 10.6 Å². The zero-order valence-corrected chi connectivity index (χ0v) is 11.0. The number of ether oxygens (including phenoxy) is 1. The molecule has 1 atom stereocenters. The van der Waals surface area contributed by atoms with Crippen LogP contribution in [0, 0.1) is 5.41 Å². The molecule has 0 aromatic rings. The molecule has 2 fully saturated rings. The maximum atomic E-state index is 12.1. The lowest BCUT2D eigenvalue weighted by Crippen LogP contribution is -2.49. The molecule has 2 aliphatic rings. The summed E-state index contributed by atoms with van der Waals surface area (Å²) < 4.78 is 5.55. The molecule has 4 heteroatoms. The highest BCUT2D eigenvalue weighted by Gasteiger charge is 2.38. The van der Waals surface area contributed by atoms with Crippen LogP contribution in [-0.4, -0.2) is 37.7 Å². The number of carbonyl (C=O) groups is 1. The summed E-state index contributed by atoms with van der Waals surface area (Å²) in [6, 6.07) is 0. The van der Waals surface area contributed by atoms with Crippen molar-refractivity contribution in [2.75, 3.05) is 26.2 Å². The number of nitrogens with one attached hydrogen (secondary N) is 2. The minimum Gasteiger partial charge on any atom is -0.365 e. The second kappa shape index (κ2) is 4.94. The van der Waals surface area contributed by atoms with Crippen LogP contribution in [0.2, 0.25) is 0 Å². The largest absolute Gasteiger partial charge is 0.365 e. The summed E-state index contributed by atoms with van der Waals surface area (Å²) in [5, 5.41) is 6.44. The predicted molar refractivity (Wildman–Crippen MR) is 66.8 cm³/mol. The average molecular weight is 240 g/mol.